The normalized spacial score (nSPS) is 15.5. The summed E-state index contributed by atoms with van der Waals surface area (Å²) < 4.78 is 40.9. The maximum Gasteiger partial charge on any atom is 0.422 e. The van der Waals surface area contributed by atoms with Crippen LogP contribution in [0.1, 0.15) is 15.9 Å². The molecule has 162 valence electrons. The standard InChI is InChI=1S/C20H16F3N3O4S/c21-20(22,23)12-30-16-7-6-14(11-25-16)17(27)24-8-9-26-18(28)15(31-19(26)29)10-13-4-2-1-3-5-13/h1-7,10-11H,8-9,12H2,(H,24,27)/b15-10-. The van der Waals surface area contributed by atoms with Crippen LogP contribution in [0.25, 0.3) is 6.08 Å². The highest BCUT2D eigenvalue weighted by molar-refractivity contribution is 8.18. The molecule has 1 aliphatic heterocycles. The second-order valence-electron chi connectivity index (χ2n) is 6.29. The highest BCUT2D eigenvalue weighted by atomic mass is 32.2. The Morgan fingerprint density at radius 1 is 1.16 bits per heavy atom. The Kier molecular flexibility index (Phi) is 6.95. The number of aromatic nitrogens is 1. The highest BCUT2D eigenvalue weighted by Gasteiger charge is 2.34. The Hall–Kier alpha value is -3.34. The van der Waals surface area contributed by atoms with Gasteiger partial charge >= 0.3 is 6.18 Å². The van der Waals surface area contributed by atoms with Gasteiger partial charge in [-0.15, -0.1) is 0 Å². The Morgan fingerprint density at radius 2 is 1.90 bits per heavy atom. The van der Waals surface area contributed by atoms with E-state index >= 15 is 0 Å². The number of alkyl halides is 3. The molecule has 0 saturated carbocycles. The van der Waals surface area contributed by atoms with Crippen molar-refractivity contribution in [2.75, 3.05) is 19.7 Å². The molecule has 31 heavy (non-hydrogen) atoms. The van der Waals surface area contributed by atoms with Crippen molar-refractivity contribution < 1.29 is 32.3 Å². The van der Waals surface area contributed by atoms with Crippen LogP contribution in [0.5, 0.6) is 5.88 Å². The summed E-state index contributed by atoms with van der Waals surface area (Å²) in [5.41, 5.74) is 0.883. The van der Waals surface area contributed by atoms with Crippen molar-refractivity contribution in [1.82, 2.24) is 15.2 Å². The molecule has 0 bridgehead atoms. The number of hydrogen-bond donors (Lipinski definition) is 1. The summed E-state index contributed by atoms with van der Waals surface area (Å²) in [6.45, 7) is -1.51. The van der Waals surface area contributed by atoms with Gasteiger partial charge in [0.25, 0.3) is 17.1 Å². The summed E-state index contributed by atoms with van der Waals surface area (Å²) in [6.07, 6.45) is -1.79. The number of nitrogens with one attached hydrogen (secondary N) is 1. The topological polar surface area (TPSA) is 88.6 Å². The van der Waals surface area contributed by atoms with Crippen molar-refractivity contribution in [2.45, 2.75) is 6.18 Å². The maximum atomic E-state index is 12.4. The first-order chi connectivity index (χ1) is 14.7. The number of benzene rings is 1. The van der Waals surface area contributed by atoms with Crippen LogP contribution < -0.4 is 10.1 Å². The van der Waals surface area contributed by atoms with Gasteiger partial charge in [0.2, 0.25) is 5.88 Å². The number of halogens is 3. The largest absolute Gasteiger partial charge is 0.468 e. The molecule has 0 atom stereocenters. The molecular weight excluding hydrogens is 435 g/mol. The third-order valence-electron chi connectivity index (χ3n) is 3.97. The summed E-state index contributed by atoms with van der Waals surface area (Å²) in [5.74, 6) is -1.26. The molecule has 1 aliphatic rings. The number of imide groups is 1. The van der Waals surface area contributed by atoms with E-state index in [4.69, 9.17) is 0 Å². The van der Waals surface area contributed by atoms with Crippen LogP contribution in [-0.4, -0.2) is 52.8 Å². The van der Waals surface area contributed by atoms with Crippen molar-refractivity contribution in [1.29, 1.82) is 0 Å². The Bertz CT molecular complexity index is 995. The molecule has 11 heteroatoms. The second kappa shape index (κ2) is 9.65. The van der Waals surface area contributed by atoms with Gasteiger partial charge in [-0.2, -0.15) is 13.2 Å². The predicted octanol–water partition coefficient (Wildman–Crippen LogP) is 3.49. The second-order valence-corrected chi connectivity index (χ2v) is 7.28. The van der Waals surface area contributed by atoms with Gasteiger partial charge in [0, 0.05) is 25.4 Å². The fourth-order valence-electron chi connectivity index (χ4n) is 2.53. The van der Waals surface area contributed by atoms with E-state index in [2.05, 4.69) is 15.0 Å². The first-order valence-corrected chi connectivity index (χ1v) is 9.79. The van der Waals surface area contributed by atoms with Crippen molar-refractivity contribution >= 4 is 34.9 Å². The third-order valence-corrected chi connectivity index (χ3v) is 4.88. The zero-order valence-electron chi connectivity index (χ0n) is 15.9. The number of carbonyl (C=O) groups excluding carboxylic acids is 3. The minimum atomic E-state index is -4.49. The lowest BCUT2D eigenvalue weighted by Gasteiger charge is -2.13. The number of ether oxygens (including phenoxy) is 1. The molecule has 2 heterocycles. The third kappa shape index (κ3) is 6.32. The van der Waals surface area contributed by atoms with Gasteiger partial charge in [0.05, 0.1) is 10.5 Å². The minimum absolute atomic E-state index is 0.00180. The quantitative estimate of drug-likeness (QED) is 0.649. The van der Waals surface area contributed by atoms with Crippen LogP contribution in [0, 0.1) is 0 Å². The molecule has 3 amide bonds. The lowest BCUT2D eigenvalue weighted by Crippen LogP contribution is -2.37. The average Bonchev–Trinajstić information content (AvgIpc) is 3.00. The molecular formula is C20H16F3N3O4S. The van der Waals surface area contributed by atoms with E-state index in [1.807, 2.05) is 30.3 Å². The van der Waals surface area contributed by atoms with Crippen LogP contribution in [0.15, 0.2) is 53.6 Å². The van der Waals surface area contributed by atoms with Gasteiger partial charge in [0.1, 0.15) is 0 Å². The average molecular weight is 451 g/mol. The van der Waals surface area contributed by atoms with E-state index in [1.165, 1.54) is 6.07 Å². The maximum absolute atomic E-state index is 12.4. The number of hydrogen-bond acceptors (Lipinski definition) is 6. The molecule has 0 unspecified atom stereocenters. The molecule has 1 saturated heterocycles. The van der Waals surface area contributed by atoms with Gasteiger partial charge in [-0.25, -0.2) is 4.98 Å². The highest BCUT2D eigenvalue weighted by Crippen LogP contribution is 2.31. The number of thioether (sulfide) groups is 1. The first kappa shape index (κ1) is 22.3. The molecule has 3 rings (SSSR count). The van der Waals surface area contributed by atoms with Crippen LogP contribution in [0.2, 0.25) is 0 Å². The SMILES string of the molecule is O=C(NCCN1C(=O)S/C(=C\c2ccccc2)C1=O)c1ccc(OCC(F)(F)F)nc1. The summed E-state index contributed by atoms with van der Waals surface area (Å²) in [6, 6.07) is 11.5. The van der Waals surface area contributed by atoms with E-state index in [0.29, 0.717) is 4.91 Å². The summed E-state index contributed by atoms with van der Waals surface area (Å²) >= 11 is 0.822. The van der Waals surface area contributed by atoms with Crippen molar-refractivity contribution in [3.63, 3.8) is 0 Å². The van der Waals surface area contributed by atoms with E-state index in [0.717, 1.165) is 34.5 Å². The molecule has 0 radical (unpaired) electrons. The number of rotatable bonds is 7. The molecule has 0 spiro atoms. The van der Waals surface area contributed by atoms with E-state index in [-0.39, 0.29) is 24.5 Å². The van der Waals surface area contributed by atoms with Crippen molar-refractivity contribution in [3.05, 3.63) is 64.7 Å². The van der Waals surface area contributed by atoms with Crippen LogP contribution in [-0.2, 0) is 4.79 Å². The van der Waals surface area contributed by atoms with Gasteiger partial charge < -0.3 is 10.1 Å². The number of pyridine rings is 1. The number of amides is 3. The van der Waals surface area contributed by atoms with Crippen LogP contribution in [0.4, 0.5) is 18.0 Å². The van der Waals surface area contributed by atoms with Crippen molar-refractivity contribution in [2.24, 2.45) is 0 Å². The number of nitrogens with zero attached hydrogens (tertiary/aromatic N) is 2. The lowest BCUT2D eigenvalue weighted by molar-refractivity contribution is -0.154. The van der Waals surface area contributed by atoms with E-state index < -0.39 is 29.8 Å². The molecule has 2 aromatic rings. The molecule has 1 fully saturated rings. The van der Waals surface area contributed by atoms with Gasteiger partial charge in [0.15, 0.2) is 6.61 Å². The summed E-state index contributed by atoms with van der Waals surface area (Å²) in [5, 5.41) is 2.10. The summed E-state index contributed by atoms with van der Waals surface area (Å²) in [4.78, 5) is 41.7. The Balaban J connectivity index is 1.50. The number of carbonyl (C=O) groups is 3. The fraction of sp³-hybridized carbons (Fsp3) is 0.200. The Labute approximate surface area is 179 Å². The molecule has 1 N–H and O–H groups in total. The molecule has 0 aliphatic carbocycles. The summed E-state index contributed by atoms with van der Waals surface area (Å²) in [7, 11) is 0. The fourth-order valence-corrected chi connectivity index (χ4v) is 3.40. The molecule has 7 nitrogen and oxygen atoms in total. The van der Waals surface area contributed by atoms with Crippen LogP contribution in [0.3, 0.4) is 0 Å². The Morgan fingerprint density at radius 3 is 2.55 bits per heavy atom. The van der Waals surface area contributed by atoms with Crippen LogP contribution >= 0.6 is 11.8 Å². The lowest BCUT2D eigenvalue weighted by atomic mass is 10.2. The zero-order chi connectivity index (χ0) is 22.4. The molecule has 1 aromatic carbocycles. The molecule has 1 aromatic heterocycles. The van der Waals surface area contributed by atoms with Gasteiger partial charge in [-0.1, -0.05) is 30.3 Å². The van der Waals surface area contributed by atoms with Gasteiger partial charge in [-0.3, -0.25) is 19.3 Å². The van der Waals surface area contributed by atoms with Crippen molar-refractivity contribution in [3.8, 4) is 5.88 Å². The minimum Gasteiger partial charge on any atom is -0.468 e. The first-order valence-electron chi connectivity index (χ1n) is 8.97. The predicted molar refractivity (Wildman–Crippen MR) is 107 cm³/mol. The van der Waals surface area contributed by atoms with E-state index in [1.54, 1.807) is 6.08 Å². The monoisotopic (exact) mass is 451 g/mol. The zero-order valence-corrected chi connectivity index (χ0v) is 16.7. The van der Waals surface area contributed by atoms with E-state index in [9.17, 15) is 27.6 Å². The smallest absolute Gasteiger partial charge is 0.422 e. The van der Waals surface area contributed by atoms with Gasteiger partial charge in [-0.05, 0) is 29.5 Å².